The van der Waals surface area contributed by atoms with Gasteiger partial charge in [0.15, 0.2) is 0 Å². The molecule has 4 nitrogen and oxygen atoms in total. The van der Waals surface area contributed by atoms with Crippen LogP contribution in [0.25, 0.3) is 6.08 Å². The molecule has 0 unspecified atom stereocenters. The van der Waals surface area contributed by atoms with Crippen molar-refractivity contribution in [2.24, 2.45) is 0 Å². The molecule has 136 valence electrons. The summed E-state index contributed by atoms with van der Waals surface area (Å²) in [7, 11) is 0. The van der Waals surface area contributed by atoms with Gasteiger partial charge in [-0.2, -0.15) is 0 Å². The molecule has 3 rings (SSSR count). The lowest BCUT2D eigenvalue weighted by molar-refractivity contribution is -0.122. The summed E-state index contributed by atoms with van der Waals surface area (Å²) < 4.78 is 6.64. The predicted molar refractivity (Wildman–Crippen MR) is 111 cm³/mol. The molecule has 0 aromatic heterocycles. The fourth-order valence-corrected chi connectivity index (χ4v) is 3.92. The molecule has 2 amide bonds. The van der Waals surface area contributed by atoms with Crippen molar-refractivity contribution in [3.05, 3.63) is 68.5 Å². The van der Waals surface area contributed by atoms with E-state index in [0.29, 0.717) is 17.3 Å². The smallest absolute Gasteiger partial charge is 0.294 e. The summed E-state index contributed by atoms with van der Waals surface area (Å²) in [5.74, 6) is 2.66. The van der Waals surface area contributed by atoms with E-state index in [-0.39, 0.29) is 17.7 Å². The van der Waals surface area contributed by atoms with E-state index in [1.807, 2.05) is 43.3 Å². The number of carbonyl (C=O) groups excluding carboxylic acids is 2. The molecule has 1 aliphatic rings. The maximum atomic E-state index is 12.2. The van der Waals surface area contributed by atoms with Gasteiger partial charge in [0.25, 0.3) is 11.1 Å². The lowest BCUT2D eigenvalue weighted by atomic mass is 10.1. The molecule has 2 aromatic rings. The van der Waals surface area contributed by atoms with Crippen LogP contribution in [0.2, 0.25) is 0 Å². The van der Waals surface area contributed by atoms with Crippen molar-refractivity contribution in [2.75, 3.05) is 6.54 Å². The van der Waals surface area contributed by atoms with E-state index in [1.165, 1.54) is 5.56 Å². The molecule has 0 aliphatic carbocycles. The summed E-state index contributed by atoms with van der Waals surface area (Å²) in [6.07, 6.45) is 6.88. The average Bonchev–Trinajstić information content (AvgIpc) is 2.89. The molecule has 0 atom stereocenters. The first kappa shape index (κ1) is 19.3. The second-order valence-corrected chi connectivity index (χ2v) is 7.79. The molecule has 0 radical (unpaired) electrons. The van der Waals surface area contributed by atoms with E-state index in [0.717, 1.165) is 32.3 Å². The Labute approximate surface area is 170 Å². The third-order valence-electron chi connectivity index (χ3n) is 3.85. The largest absolute Gasteiger partial charge is 0.488 e. The van der Waals surface area contributed by atoms with Gasteiger partial charge in [-0.1, -0.05) is 41.8 Å². The minimum absolute atomic E-state index is 0.0164. The average molecular weight is 442 g/mol. The molecule has 1 heterocycles. The summed E-state index contributed by atoms with van der Waals surface area (Å²) in [6, 6.07) is 13.7. The number of rotatable bonds is 5. The summed E-state index contributed by atoms with van der Waals surface area (Å²) in [6.45, 7) is 2.49. The SMILES string of the molecule is C#CCN1C(=O)S/C(=C/c2ccc(OCc3cccc(C)c3)c(Br)c2)C1=O. The van der Waals surface area contributed by atoms with Crippen molar-refractivity contribution in [3.63, 3.8) is 0 Å². The van der Waals surface area contributed by atoms with E-state index < -0.39 is 0 Å². The Morgan fingerprint density at radius 2 is 2.07 bits per heavy atom. The highest BCUT2D eigenvalue weighted by Crippen LogP contribution is 2.33. The number of terminal acetylenes is 1. The molecule has 0 N–H and O–H groups in total. The third-order valence-corrected chi connectivity index (χ3v) is 5.38. The van der Waals surface area contributed by atoms with E-state index in [2.05, 4.69) is 27.9 Å². The molecule has 1 fully saturated rings. The van der Waals surface area contributed by atoms with Gasteiger partial charge >= 0.3 is 0 Å². The van der Waals surface area contributed by atoms with Crippen molar-refractivity contribution in [1.82, 2.24) is 4.90 Å². The Kier molecular flexibility index (Phi) is 6.04. The fourth-order valence-electron chi connectivity index (χ4n) is 2.57. The standard InChI is InChI=1S/C21H16BrNO3S/c1-3-9-23-20(24)19(27-21(23)25)12-15-7-8-18(17(22)11-15)26-13-16-6-4-5-14(2)10-16/h1,4-8,10-12H,9,13H2,2H3/b19-12+. The Hall–Kier alpha value is -2.49. The molecule has 6 heteroatoms. The molecule has 1 saturated heterocycles. The lowest BCUT2D eigenvalue weighted by Gasteiger charge is -2.10. The molecule has 0 spiro atoms. The Morgan fingerprint density at radius 3 is 2.78 bits per heavy atom. The highest BCUT2D eigenvalue weighted by atomic mass is 79.9. The van der Waals surface area contributed by atoms with Crippen molar-refractivity contribution < 1.29 is 14.3 Å². The number of imide groups is 1. The molecule has 2 aromatic carbocycles. The van der Waals surface area contributed by atoms with Gasteiger partial charge in [0.1, 0.15) is 12.4 Å². The van der Waals surface area contributed by atoms with Gasteiger partial charge in [-0.15, -0.1) is 6.42 Å². The lowest BCUT2D eigenvalue weighted by Crippen LogP contribution is -2.28. The highest BCUT2D eigenvalue weighted by molar-refractivity contribution is 9.10. The number of benzene rings is 2. The number of amides is 2. The van der Waals surface area contributed by atoms with Crippen LogP contribution in [0.1, 0.15) is 16.7 Å². The summed E-state index contributed by atoms with van der Waals surface area (Å²) in [5, 5.41) is -0.346. The summed E-state index contributed by atoms with van der Waals surface area (Å²) >= 11 is 4.39. The molecule has 1 aliphatic heterocycles. The van der Waals surface area contributed by atoms with Gasteiger partial charge in [0.2, 0.25) is 0 Å². The van der Waals surface area contributed by atoms with Crippen LogP contribution in [0.15, 0.2) is 51.8 Å². The first-order valence-electron chi connectivity index (χ1n) is 8.14. The quantitative estimate of drug-likeness (QED) is 0.483. The van der Waals surface area contributed by atoms with Crippen molar-refractivity contribution in [2.45, 2.75) is 13.5 Å². The number of carbonyl (C=O) groups is 2. The van der Waals surface area contributed by atoms with Crippen LogP contribution in [-0.2, 0) is 11.4 Å². The number of thioether (sulfide) groups is 1. The van der Waals surface area contributed by atoms with Crippen LogP contribution in [0.3, 0.4) is 0 Å². The van der Waals surface area contributed by atoms with Gasteiger partial charge in [0, 0.05) is 0 Å². The van der Waals surface area contributed by atoms with E-state index >= 15 is 0 Å². The molecule has 0 saturated carbocycles. The second-order valence-electron chi connectivity index (χ2n) is 5.94. The Morgan fingerprint density at radius 1 is 1.26 bits per heavy atom. The van der Waals surface area contributed by atoms with Crippen LogP contribution in [-0.4, -0.2) is 22.6 Å². The van der Waals surface area contributed by atoms with Gasteiger partial charge in [-0.05, 0) is 64.0 Å². The zero-order valence-electron chi connectivity index (χ0n) is 14.6. The number of halogens is 1. The first-order chi connectivity index (χ1) is 13.0. The first-order valence-corrected chi connectivity index (χ1v) is 9.75. The fraction of sp³-hybridized carbons (Fsp3) is 0.143. The van der Waals surface area contributed by atoms with Crippen molar-refractivity contribution >= 4 is 44.9 Å². The minimum atomic E-state index is -0.362. The highest BCUT2D eigenvalue weighted by Gasteiger charge is 2.34. The second kappa shape index (κ2) is 8.47. The third kappa shape index (κ3) is 4.62. The van der Waals surface area contributed by atoms with Crippen LogP contribution in [0, 0.1) is 19.3 Å². The molecule has 27 heavy (non-hydrogen) atoms. The van der Waals surface area contributed by atoms with E-state index in [4.69, 9.17) is 11.2 Å². The van der Waals surface area contributed by atoms with E-state index in [9.17, 15) is 9.59 Å². The van der Waals surface area contributed by atoms with E-state index in [1.54, 1.807) is 6.08 Å². The Bertz CT molecular complexity index is 978. The Balaban J connectivity index is 1.72. The predicted octanol–water partition coefficient (Wildman–Crippen LogP) is 5.01. The van der Waals surface area contributed by atoms with Crippen LogP contribution in [0.5, 0.6) is 5.75 Å². The van der Waals surface area contributed by atoms with Gasteiger partial charge in [0.05, 0.1) is 15.9 Å². The summed E-state index contributed by atoms with van der Waals surface area (Å²) in [4.78, 5) is 25.5. The van der Waals surface area contributed by atoms with Crippen LogP contribution < -0.4 is 4.74 Å². The number of hydrogen-bond acceptors (Lipinski definition) is 4. The topological polar surface area (TPSA) is 46.6 Å². The zero-order chi connectivity index (χ0) is 19.4. The molecule has 0 bridgehead atoms. The van der Waals surface area contributed by atoms with Crippen molar-refractivity contribution in [1.29, 1.82) is 0 Å². The maximum Gasteiger partial charge on any atom is 0.294 e. The zero-order valence-corrected chi connectivity index (χ0v) is 17.0. The monoisotopic (exact) mass is 441 g/mol. The maximum absolute atomic E-state index is 12.2. The molecular weight excluding hydrogens is 426 g/mol. The minimum Gasteiger partial charge on any atom is -0.488 e. The number of ether oxygens (including phenoxy) is 1. The molecular formula is C21H16BrNO3S. The van der Waals surface area contributed by atoms with Gasteiger partial charge in [-0.3, -0.25) is 14.5 Å². The van der Waals surface area contributed by atoms with Crippen molar-refractivity contribution in [3.8, 4) is 18.1 Å². The number of hydrogen-bond donors (Lipinski definition) is 0. The number of nitrogens with zero attached hydrogens (tertiary/aromatic N) is 1. The van der Waals surface area contributed by atoms with Crippen LogP contribution in [0.4, 0.5) is 4.79 Å². The number of aryl methyl sites for hydroxylation is 1. The normalized spacial score (nSPS) is 15.3. The summed E-state index contributed by atoms with van der Waals surface area (Å²) in [5.41, 5.74) is 3.06. The van der Waals surface area contributed by atoms with Crippen LogP contribution >= 0.6 is 27.7 Å². The van der Waals surface area contributed by atoms with Gasteiger partial charge in [-0.25, -0.2) is 0 Å². The van der Waals surface area contributed by atoms with Gasteiger partial charge < -0.3 is 4.74 Å².